The van der Waals surface area contributed by atoms with E-state index in [4.69, 9.17) is 0 Å². The molecule has 1 saturated carbocycles. The van der Waals surface area contributed by atoms with Gasteiger partial charge in [-0.15, -0.1) is 11.8 Å². The van der Waals surface area contributed by atoms with E-state index in [-0.39, 0.29) is 10.8 Å². The van der Waals surface area contributed by atoms with Crippen LogP contribution in [0.15, 0.2) is 11.5 Å². The Labute approximate surface area is 85.0 Å². The third kappa shape index (κ3) is 1.45. The lowest BCUT2D eigenvalue weighted by molar-refractivity contribution is -0.150. The van der Waals surface area contributed by atoms with Crippen molar-refractivity contribution in [2.45, 2.75) is 39.9 Å². The van der Waals surface area contributed by atoms with Crippen molar-refractivity contribution in [3.63, 3.8) is 0 Å². The maximum Gasteiger partial charge on any atom is 0.146 e. The van der Waals surface area contributed by atoms with Crippen LogP contribution in [0.5, 0.6) is 0 Å². The van der Waals surface area contributed by atoms with E-state index < -0.39 is 0 Å². The van der Waals surface area contributed by atoms with Gasteiger partial charge in [0.15, 0.2) is 0 Å². The van der Waals surface area contributed by atoms with Crippen molar-refractivity contribution < 1.29 is 4.79 Å². The number of Topliss-reactive ketones (excluding diaryl/α,β-unsaturated/α-hetero) is 1. The van der Waals surface area contributed by atoms with Crippen LogP contribution in [0.1, 0.15) is 34.6 Å². The van der Waals surface area contributed by atoms with Gasteiger partial charge in [-0.05, 0) is 11.8 Å². The Kier molecular flexibility index (Phi) is 2.40. The molecule has 0 spiro atoms. The first-order valence-electron chi connectivity index (χ1n) is 4.57. The zero-order valence-corrected chi connectivity index (χ0v) is 9.92. The van der Waals surface area contributed by atoms with Crippen LogP contribution in [0.4, 0.5) is 0 Å². The van der Waals surface area contributed by atoms with Gasteiger partial charge in [-0.1, -0.05) is 34.3 Å². The first-order valence-corrected chi connectivity index (χ1v) is 5.45. The Morgan fingerprint density at radius 3 is 2.00 bits per heavy atom. The van der Waals surface area contributed by atoms with Crippen molar-refractivity contribution in [3.8, 4) is 0 Å². The summed E-state index contributed by atoms with van der Waals surface area (Å²) >= 11 is 1.74. The monoisotopic (exact) mass is 198 g/mol. The normalized spacial score (nSPS) is 25.5. The molecule has 0 bridgehead atoms. The summed E-state index contributed by atoms with van der Waals surface area (Å²) in [6.45, 7) is 14.0. The van der Waals surface area contributed by atoms with Gasteiger partial charge in [-0.3, -0.25) is 4.79 Å². The topological polar surface area (TPSA) is 17.1 Å². The zero-order valence-electron chi connectivity index (χ0n) is 9.10. The lowest BCUT2D eigenvalue weighted by Gasteiger charge is -2.55. The SMILES string of the molecule is C=C(C)SC1C(C)(C)C(=O)C1(C)C. The molecule has 1 aliphatic carbocycles. The lowest BCUT2D eigenvalue weighted by atomic mass is 9.54. The van der Waals surface area contributed by atoms with Crippen molar-refractivity contribution in [1.29, 1.82) is 0 Å². The Bertz CT molecular complexity index is 245. The van der Waals surface area contributed by atoms with Gasteiger partial charge >= 0.3 is 0 Å². The highest BCUT2D eigenvalue weighted by Crippen LogP contribution is 2.57. The number of hydrogen-bond acceptors (Lipinski definition) is 2. The number of rotatable bonds is 2. The minimum atomic E-state index is -0.173. The maximum absolute atomic E-state index is 11.8. The lowest BCUT2D eigenvalue weighted by Crippen LogP contribution is -2.62. The van der Waals surface area contributed by atoms with E-state index in [1.807, 2.05) is 34.6 Å². The van der Waals surface area contributed by atoms with Crippen LogP contribution in [0, 0.1) is 10.8 Å². The van der Waals surface area contributed by atoms with Crippen LogP contribution in [-0.2, 0) is 4.79 Å². The third-order valence-electron chi connectivity index (χ3n) is 2.80. The molecule has 0 amide bonds. The van der Waals surface area contributed by atoms with Gasteiger partial charge in [0.05, 0.1) is 0 Å². The molecule has 0 aromatic carbocycles. The molecular formula is C11H18OS. The summed E-state index contributed by atoms with van der Waals surface area (Å²) in [7, 11) is 0. The highest BCUT2D eigenvalue weighted by atomic mass is 32.2. The second kappa shape index (κ2) is 2.88. The molecular weight excluding hydrogens is 180 g/mol. The Hall–Kier alpha value is -0.240. The number of ketones is 1. The highest BCUT2D eigenvalue weighted by molar-refractivity contribution is 8.03. The van der Waals surface area contributed by atoms with Crippen LogP contribution in [0.3, 0.4) is 0 Å². The average Bonchev–Trinajstić information content (AvgIpc) is 1.98. The van der Waals surface area contributed by atoms with E-state index in [9.17, 15) is 4.79 Å². The summed E-state index contributed by atoms with van der Waals surface area (Å²) in [6, 6.07) is 0. The molecule has 0 N–H and O–H groups in total. The van der Waals surface area contributed by atoms with E-state index >= 15 is 0 Å². The van der Waals surface area contributed by atoms with Crippen LogP contribution in [0.2, 0.25) is 0 Å². The summed E-state index contributed by atoms with van der Waals surface area (Å²) in [5, 5.41) is 0.380. The van der Waals surface area contributed by atoms with E-state index in [0.29, 0.717) is 11.0 Å². The van der Waals surface area contributed by atoms with Crippen LogP contribution in [-0.4, -0.2) is 11.0 Å². The molecule has 74 valence electrons. The van der Waals surface area contributed by atoms with Crippen molar-refractivity contribution in [1.82, 2.24) is 0 Å². The van der Waals surface area contributed by atoms with E-state index in [1.165, 1.54) is 0 Å². The van der Waals surface area contributed by atoms with Crippen LogP contribution >= 0.6 is 11.8 Å². The summed E-state index contributed by atoms with van der Waals surface area (Å²) in [4.78, 5) is 12.8. The fourth-order valence-corrected chi connectivity index (χ4v) is 3.59. The second-order valence-electron chi connectivity index (χ2n) is 4.97. The molecule has 0 aliphatic heterocycles. The number of hydrogen-bond donors (Lipinski definition) is 0. The largest absolute Gasteiger partial charge is 0.298 e. The number of thioether (sulfide) groups is 1. The number of carbonyl (C=O) groups is 1. The molecule has 1 rings (SSSR count). The number of allylic oxidation sites excluding steroid dienone is 1. The van der Waals surface area contributed by atoms with Crippen molar-refractivity contribution in [3.05, 3.63) is 11.5 Å². The molecule has 0 aromatic heterocycles. The summed E-state index contributed by atoms with van der Waals surface area (Å²) < 4.78 is 0. The standard InChI is InChI=1S/C11H18OS/c1-7(2)13-9-10(3,4)8(12)11(9,5)6/h9H,1H2,2-6H3. The predicted octanol–water partition coefficient (Wildman–Crippen LogP) is 3.26. The van der Waals surface area contributed by atoms with Gasteiger partial charge in [0.1, 0.15) is 5.78 Å². The van der Waals surface area contributed by atoms with E-state index in [0.717, 1.165) is 4.91 Å². The fraction of sp³-hybridized carbons (Fsp3) is 0.727. The summed E-state index contributed by atoms with van der Waals surface area (Å²) in [5.74, 6) is 0.374. The summed E-state index contributed by atoms with van der Waals surface area (Å²) in [5.41, 5.74) is -0.347. The molecule has 13 heavy (non-hydrogen) atoms. The molecule has 0 saturated heterocycles. The van der Waals surface area contributed by atoms with Crippen molar-refractivity contribution in [2.75, 3.05) is 0 Å². The maximum atomic E-state index is 11.8. The minimum Gasteiger partial charge on any atom is -0.298 e. The van der Waals surface area contributed by atoms with E-state index in [2.05, 4.69) is 6.58 Å². The minimum absolute atomic E-state index is 0.173. The Morgan fingerprint density at radius 1 is 1.31 bits per heavy atom. The smallest absolute Gasteiger partial charge is 0.146 e. The highest BCUT2D eigenvalue weighted by Gasteiger charge is 2.61. The molecule has 2 heteroatoms. The molecule has 1 aliphatic rings. The molecule has 0 heterocycles. The van der Waals surface area contributed by atoms with Gasteiger partial charge in [0, 0.05) is 16.1 Å². The molecule has 0 unspecified atom stereocenters. The molecule has 0 aromatic rings. The van der Waals surface area contributed by atoms with Crippen LogP contribution < -0.4 is 0 Å². The number of carbonyl (C=O) groups excluding carboxylic acids is 1. The molecule has 0 radical (unpaired) electrons. The second-order valence-corrected chi connectivity index (χ2v) is 6.38. The summed E-state index contributed by atoms with van der Waals surface area (Å²) in [6.07, 6.45) is 0. The van der Waals surface area contributed by atoms with Crippen molar-refractivity contribution >= 4 is 17.5 Å². The van der Waals surface area contributed by atoms with Crippen LogP contribution in [0.25, 0.3) is 0 Å². The van der Waals surface area contributed by atoms with E-state index in [1.54, 1.807) is 11.8 Å². The van der Waals surface area contributed by atoms with Crippen molar-refractivity contribution in [2.24, 2.45) is 10.8 Å². The Morgan fingerprint density at radius 2 is 1.69 bits per heavy atom. The fourth-order valence-electron chi connectivity index (χ4n) is 2.39. The predicted molar refractivity (Wildman–Crippen MR) is 58.8 cm³/mol. The average molecular weight is 198 g/mol. The Balaban J connectivity index is 2.85. The quantitative estimate of drug-likeness (QED) is 0.677. The van der Waals surface area contributed by atoms with Gasteiger partial charge < -0.3 is 0 Å². The van der Waals surface area contributed by atoms with Gasteiger partial charge in [-0.25, -0.2) is 0 Å². The van der Waals surface area contributed by atoms with Gasteiger partial charge in [0.2, 0.25) is 0 Å². The first kappa shape index (κ1) is 10.8. The molecule has 1 nitrogen and oxygen atoms in total. The van der Waals surface area contributed by atoms with Gasteiger partial charge in [0.25, 0.3) is 0 Å². The molecule has 1 fully saturated rings. The molecule has 0 atom stereocenters. The third-order valence-corrected chi connectivity index (χ3v) is 4.62. The van der Waals surface area contributed by atoms with Gasteiger partial charge in [-0.2, -0.15) is 0 Å². The first-order chi connectivity index (χ1) is 5.70. The zero-order chi connectivity index (χ0) is 10.4.